The number of benzene rings is 3. The first-order valence-electron chi connectivity index (χ1n) is 8.80. The Bertz CT molecular complexity index is 901. The van der Waals surface area contributed by atoms with Gasteiger partial charge in [0, 0.05) is 6.42 Å². The first kappa shape index (κ1) is 18.5. The van der Waals surface area contributed by atoms with Crippen LogP contribution >= 0.6 is 0 Å². The van der Waals surface area contributed by atoms with Crippen LogP contribution in [0.4, 0.5) is 0 Å². The molecule has 0 aliphatic heterocycles. The molecule has 1 N–H and O–H groups in total. The zero-order chi connectivity index (χ0) is 19.2. The highest BCUT2D eigenvalue weighted by Gasteiger charge is 2.20. The van der Waals surface area contributed by atoms with Crippen LogP contribution in [0.15, 0.2) is 72.8 Å². The van der Waals surface area contributed by atoms with Crippen molar-refractivity contribution in [3.05, 3.63) is 89.5 Å². The second-order valence-corrected chi connectivity index (χ2v) is 6.45. The molecular weight excluding hydrogens is 340 g/mol. The van der Waals surface area contributed by atoms with Gasteiger partial charge in [-0.1, -0.05) is 36.4 Å². The SMILES string of the molecule is Cc1ccc(O[C@H](Cc2ccc(Oc3ccccc3)cc2)C(=O)O)cc1C. The summed E-state index contributed by atoms with van der Waals surface area (Å²) in [6, 6.07) is 22.5. The Morgan fingerprint density at radius 3 is 2.11 bits per heavy atom. The smallest absolute Gasteiger partial charge is 0.345 e. The highest BCUT2D eigenvalue weighted by molar-refractivity contribution is 5.73. The molecule has 0 spiro atoms. The minimum atomic E-state index is -0.988. The molecule has 4 nitrogen and oxygen atoms in total. The van der Waals surface area contributed by atoms with Crippen LogP contribution in [0.2, 0.25) is 0 Å². The molecule has 0 unspecified atom stereocenters. The second-order valence-electron chi connectivity index (χ2n) is 6.45. The van der Waals surface area contributed by atoms with Crippen molar-refractivity contribution in [1.29, 1.82) is 0 Å². The molecule has 0 saturated heterocycles. The van der Waals surface area contributed by atoms with Crippen molar-refractivity contribution < 1.29 is 19.4 Å². The monoisotopic (exact) mass is 362 g/mol. The van der Waals surface area contributed by atoms with Crippen LogP contribution in [-0.4, -0.2) is 17.2 Å². The lowest BCUT2D eigenvalue weighted by atomic mass is 10.1. The summed E-state index contributed by atoms with van der Waals surface area (Å²) in [7, 11) is 0. The van der Waals surface area contributed by atoms with Crippen molar-refractivity contribution in [2.45, 2.75) is 26.4 Å². The summed E-state index contributed by atoms with van der Waals surface area (Å²) < 4.78 is 11.5. The van der Waals surface area contributed by atoms with E-state index >= 15 is 0 Å². The van der Waals surface area contributed by atoms with E-state index < -0.39 is 12.1 Å². The molecule has 0 bridgehead atoms. The number of aliphatic carboxylic acids is 1. The van der Waals surface area contributed by atoms with Crippen molar-refractivity contribution in [3.63, 3.8) is 0 Å². The van der Waals surface area contributed by atoms with E-state index in [9.17, 15) is 9.90 Å². The zero-order valence-electron chi connectivity index (χ0n) is 15.4. The Kier molecular flexibility index (Phi) is 5.77. The molecule has 3 aromatic rings. The Balaban J connectivity index is 1.67. The molecule has 0 aromatic heterocycles. The number of carbonyl (C=O) groups is 1. The van der Waals surface area contributed by atoms with Crippen molar-refractivity contribution in [2.24, 2.45) is 0 Å². The third kappa shape index (κ3) is 5.11. The third-order valence-electron chi connectivity index (χ3n) is 4.36. The van der Waals surface area contributed by atoms with E-state index in [0.717, 1.165) is 22.4 Å². The summed E-state index contributed by atoms with van der Waals surface area (Å²) in [6.07, 6.45) is -0.679. The molecule has 0 saturated carbocycles. The van der Waals surface area contributed by atoms with E-state index in [0.29, 0.717) is 11.5 Å². The molecule has 3 aromatic carbocycles. The predicted octanol–water partition coefficient (Wildman–Crippen LogP) is 5.17. The number of carboxylic acid groups (broad SMARTS) is 1. The van der Waals surface area contributed by atoms with Crippen LogP contribution in [0.5, 0.6) is 17.2 Å². The normalized spacial score (nSPS) is 11.6. The summed E-state index contributed by atoms with van der Waals surface area (Å²) >= 11 is 0. The van der Waals surface area contributed by atoms with E-state index in [1.54, 1.807) is 6.07 Å². The van der Waals surface area contributed by atoms with Gasteiger partial charge in [-0.15, -0.1) is 0 Å². The molecule has 4 heteroatoms. The first-order chi connectivity index (χ1) is 13.0. The second kappa shape index (κ2) is 8.41. The number of rotatable bonds is 7. The van der Waals surface area contributed by atoms with E-state index in [-0.39, 0.29) is 6.42 Å². The fourth-order valence-electron chi connectivity index (χ4n) is 2.66. The fraction of sp³-hybridized carbons (Fsp3) is 0.174. The van der Waals surface area contributed by atoms with Crippen molar-refractivity contribution >= 4 is 5.97 Å². The van der Waals surface area contributed by atoms with Gasteiger partial charge in [0.25, 0.3) is 0 Å². The molecular formula is C23H22O4. The predicted molar refractivity (Wildman–Crippen MR) is 105 cm³/mol. The highest BCUT2D eigenvalue weighted by atomic mass is 16.5. The van der Waals surface area contributed by atoms with Gasteiger partial charge in [0.1, 0.15) is 17.2 Å². The molecule has 1 atom stereocenters. The van der Waals surface area contributed by atoms with Crippen LogP contribution in [0.1, 0.15) is 16.7 Å². The standard InChI is InChI=1S/C23H22O4/c1-16-8-11-21(14-17(16)2)27-22(23(24)25)15-18-9-12-20(13-10-18)26-19-6-4-3-5-7-19/h3-14,22H,15H2,1-2H3,(H,24,25)/t22-/m1/s1. The largest absolute Gasteiger partial charge is 0.478 e. The third-order valence-corrected chi connectivity index (χ3v) is 4.36. The fourth-order valence-corrected chi connectivity index (χ4v) is 2.66. The Labute approximate surface area is 159 Å². The molecule has 0 aliphatic rings. The van der Waals surface area contributed by atoms with Crippen LogP contribution < -0.4 is 9.47 Å². The minimum Gasteiger partial charge on any atom is -0.478 e. The van der Waals surface area contributed by atoms with Gasteiger partial charge >= 0.3 is 5.97 Å². The molecule has 0 aliphatic carbocycles. The zero-order valence-corrected chi connectivity index (χ0v) is 15.4. The maximum atomic E-state index is 11.6. The van der Waals surface area contributed by atoms with Gasteiger partial charge in [0.05, 0.1) is 0 Å². The van der Waals surface area contributed by atoms with Crippen molar-refractivity contribution in [2.75, 3.05) is 0 Å². The number of para-hydroxylation sites is 1. The summed E-state index contributed by atoms with van der Waals surface area (Å²) in [5.41, 5.74) is 3.08. The molecule has 0 radical (unpaired) electrons. The lowest BCUT2D eigenvalue weighted by Crippen LogP contribution is -2.29. The molecule has 0 fully saturated rings. The number of hydrogen-bond donors (Lipinski definition) is 1. The average molecular weight is 362 g/mol. The summed E-state index contributed by atoms with van der Waals surface area (Å²) in [5, 5.41) is 9.52. The van der Waals surface area contributed by atoms with E-state index in [1.807, 2.05) is 80.6 Å². The number of carboxylic acids is 1. The van der Waals surface area contributed by atoms with Gasteiger partial charge in [-0.2, -0.15) is 0 Å². The van der Waals surface area contributed by atoms with Crippen LogP contribution in [0.25, 0.3) is 0 Å². The lowest BCUT2D eigenvalue weighted by Gasteiger charge is -2.16. The maximum Gasteiger partial charge on any atom is 0.345 e. The average Bonchev–Trinajstić information content (AvgIpc) is 2.66. The van der Waals surface area contributed by atoms with Gasteiger partial charge in [-0.3, -0.25) is 0 Å². The van der Waals surface area contributed by atoms with Crippen LogP contribution in [-0.2, 0) is 11.2 Å². The van der Waals surface area contributed by atoms with Gasteiger partial charge in [-0.25, -0.2) is 4.79 Å². The topological polar surface area (TPSA) is 55.8 Å². The minimum absolute atomic E-state index is 0.272. The van der Waals surface area contributed by atoms with Gasteiger partial charge < -0.3 is 14.6 Å². The number of hydrogen-bond acceptors (Lipinski definition) is 3. The van der Waals surface area contributed by atoms with Crippen molar-refractivity contribution in [1.82, 2.24) is 0 Å². The Morgan fingerprint density at radius 2 is 1.48 bits per heavy atom. The molecule has 138 valence electrons. The first-order valence-corrected chi connectivity index (χ1v) is 8.80. The Hall–Kier alpha value is -3.27. The van der Waals surface area contributed by atoms with E-state index in [4.69, 9.17) is 9.47 Å². The van der Waals surface area contributed by atoms with Crippen LogP contribution in [0, 0.1) is 13.8 Å². The summed E-state index contributed by atoms with van der Waals surface area (Å²) in [6.45, 7) is 3.98. The maximum absolute atomic E-state index is 11.6. The molecule has 27 heavy (non-hydrogen) atoms. The summed E-state index contributed by atoms with van der Waals surface area (Å²) in [4.78, 5) is 11.6. The quantitative estimate of drug-likeness (QED) is 0.630. The van der Waals surface area contributed by atoms with E-state index in [1.165, 1.54) is 0 Å². The number of ether oxygens (including phenoxy) is 2. The molecule has 3 rings (SSSR count). The van der Waals surface area contributed by atoms with Crippen molar-refractivity contribution in [3.8, 4) is 17.2 Å². The highest BCUT2D eigenvalue weighted by Crippen LogP contribution is 2.23. The van der Waals surface area contributed by atoms with E-state index in [2.05, 4.69) is 0 Å². The van der Waals surface area contributed by atoms with Gasteiger partial charge in [0.15, 0.2) is 6.10 Å². The molecule has 0 heterocycles. The van der Waals surface area contributed by atoms with Gasteiger partial charge in [0.2, 0.25) is 0 Å². The molecule has 0 amide bonds. The lowest BCUT2D eigenvalue weighted by molar-refractivity contribution is -0.145. The summed E-state index contributed by atoms with van der Waals surface area (Å²) in [5.74, 6) is 1.03. The van der Waals surface area contributed by atoms with Crippen LogP contribution in [0.3, 0.4) is 0 Å². The Morgan fingerprint density at radius 1 is 0.852 bits per heavy atom. The van der Waals surface area contributed by atoms with Gasteiger partial charge in [-0.05, 0) is 66.9 Å². The number of aryl methyl sites for hydroxylation is 2.